The number of rotatable bonds is 4. The van der Waals surface area contributed by atoms with Gasteiger partial charge in [-0.15, -0.1) is 0 Å². The standard InChI is InChI=1S/C10H17NO4/c1-7(2)9-5-8(3-4-14-9)11-15-6-10(12)13/h7,9H,3-6H2,1-2H3,(H,12,13). The fraction of sp³-hybridized carbons (Fsp3) is 0.800. The minimum Gasteiger partial charge on any atom is -0.479 e. The second kappa shape index (κ2) is 5.70. The van der Waals surface area contributed by atoms with Gasteiger partial charge in [-0.05, 0) is 5.92 Å². The molecule has 86 valence electrons. The van der Waals surface area contributed by atoms with E-state index in [0.29, 0.717) is 12.5 Å². The molecule has 1 rings (SSSR count). The minimum absolute atomic E-state index is 0.172. The summed E-state index contributed by atoms with van der Waals surface area (Å²) in [5.41, 5.74) is 0.890. The van der Waals surface area contributed by atoms with Crippen LogP contribution in [0, 0.1) is 5.92 Å². The number of carboxylic acid groups (broad SMARTS) is 1. The molecule has 0 saturated carbocycles. The van der Waals surface area contributed by atoms with Crippen LogP contribution in [-0.4, -0.2) is 36.1 Å². The van der Waals surface area contributed by atoms with Crippen LogP contribution in [0.25, 0.3) is 0 Å². The number of carbonyl (C=O) groups is 1. The fourth-order valence-electron chi connectivity index (χ4n) is 1.41. The van der Waals surface area contributed by atoms with Gasteiger partial charge in [0.2, 0.25) is 6.61 Å². The Hall–Kier alpha value is -1.10. The molecule has 0 radical (unpaired) electrons. The van der Waals surface area contributed by atoms with Crippen molar-refractivity contribution >= 4 is 11.7 Å². The Bertz CT molecular complexity index is 250. The van der Waals surface area contributed by atoms with Gasteiger partial charge in [-0.2, -0.15) is 0 Å². The highest BCUT2D eigenvalue weighted by molar-refractivity contribution is 5.85. The van der Waals surface area contributed by atoms with Gasteiger partial charge in [0.25, 0.3) is 0 Å². The molecule has 0 aromatic heterocycles. The van der Waals surface area contributed by atoms with E-state index < -0.39 is 5.97 Å². The van der Waals surface area contributed by atoms with Crippen molar-refractivity contribution in [3.63, 3.8) is 0 Å². The largest absolute Gasteiger partial charge is 0.479 e. The molecule has 1 fully saturated rings. The molecule has 1 aliphatic rings. The van der Waals surface area contributed by atoms with Crippen LogP contribution >= 0.6 is 0 Å². The molecule has 1 atom stereocenters. The summed E-state index contributed by atoms with van der Waals surface area (Å²) in [4.78, 5) is 14.9. The number of ether oxygens (including phenoxy) is 1. The highest BCUT2D eigenvalue weighted by Gasteiger charge is 2.21. The van der Waals surface area contributed by atoms with Crippen molar-refractivity contribution in [2.24, 2.45) is 11.1 Å². The van der Waals surface area contributed by atoms with Crippen molar-refractivity contribution in [2.45, 2.75) is 32.8 Å². The predicted molar refractivity (Wildman–Crippen MR) is 54.8 cm³/mol. The number of hydrogen-bond donors (Lipinski definition) is 1. The molecule has 5 heteroatoms. The Labute approximate surface area is 89.1 Å². The van der Waals surface area contributed by atoms with Crippen molar-refractivity contribution in [1.82, 2.24) is 0 Å². The van der Waals surface area contributed by atoms with E-state index in [9.17, 15) is 4.79 Å². The zero-order chi connectivity index (χ0) is 11.3. The highest BCUT2D eigenvalue weighted by atomic mass is 16.6. The van der Waals surface area contributed by atoms with Gasteiger partial charge in [-0.25, -0.2) is 4.79 Å². The molecule has 0 bridgehead atoms. The molecule has 1 N–H and O–H groups in total. The molecule has 0 aliphatic carbocycles. The number of hydrogen-bond acceptors (Lipinski definition) is 4. The lowest BCUT2D eigenvalue weighted by Gasteiger charge is -2.26. The summed E-state index contributed by atoms with van der Waals surface area (Å²) in [5, 5.41) is 12.2. The van der Waals surface area contributed by atoms with Crippen LogP contribution in [0.2, 0.25) is 0 Å². The zero-order valence-corrected chi connectivity index (χ0v) is 9.10. The molecular formula is C10H17NO4. The van der Waals surface area contributed by atoms with Crippen LogP contribution < -0.4 is 0 Å². The first kappa shape index (κ1) is 12.0. The number of oxime groups is 1. The topological polar surface area (TPSA) is 68.1 Å². The van der Waals surface area contributed by atoms with Crippen LogP contribution in [0.4, 0.5) is 0 Å². The van der Waals surface area contributed by atoms with Crippen molar-refractivity contribution in [3.8, 4) is 0 Å². The van der Waals surface area contributed by atoms with Crippen LogP contribution in [0.1, 0.15) is 26.7 Å². The quantitative estimate of drug-likeness (QED) is 0.717. The maximum atomic E-state index is 10.2. The summed E-state index contributed by atoms with van der Waals surface area (Å²) in [6.07, 6.45) is 1.63. The van der Waals surface area contributed by atoms with E-state index in [0.717, 1.165) is 18.6 Å². The van der Waals surface area contributed by atoms with E-state index in [4.69, 9.17) is 14.7 Å². The van der Waals surface area contributed by atoms with Gasteiger partial charge in [0, 0.05) is 12.8 Å². The van der Waals surface area contributed by atoms with Crippen molar-refractivity contribution in [1.29, 1.82) is 0 Å². The number of carboxylic acids is 1. The minimum atomic E-state index is -1.01. The number of aliphatic carboxylic acids is 1. The molecule has 0 amide bonds. The van der Waals surface area contributed by atoms with Crippen LogP contribution in [-0.2, 0) is 14.4 Å². The second-order valence-electron chi connectivity index (χ2n) is 3.93. The molecule has 0 aromatic carbocycles. The predicted octanol–water partition coefficient (Wildman–Crippen LogP) is 1.28. The second-order valence-corrected chi connectivity index (χ2v) is 3.93. The summed E-state index contributed by atoms with van der Waals surface area (Å²) in [7, 11) is 0. The van der Waals surface area contributed by atoms with E-state index in [-0.39, 0.29) is 12.7 Å². The molecule has 15 heavy (non-hydrogen) atoms. The molecule has 1 unspecified atom stereocenters. The van der Waals surface area contributed by atoms with Crippen molar-refractivity contribution in [3.05, 3.63) is 0 Å². The zero-order valence-electron chi connectivity index (χ0n) is 9.10. The third-order valence-electron chi connectivity index (χ3n) is 2.28. The van der Waals surface area contributed by atoms with Gasteiger partial charge in [-0.1, -0.05) is 19.0 Å². The summed E-state index contributed by atoms with van der Waals surface area (Å²) in [6, 6.07) is 0. The molecule has 1 heterocycles. The summed E-state index contributed by atoms with van der Waals surface area (Å²) in [5.74, 6) is -0.568. The normalized spacial score (nSPS) is 24.5. The maximum absolute atomic E-state index is 10.2. The molecule has 0 aromatic rings. The van der Waals surface area contributed by atoms with Crippen LogP contribution in [0.5, 0.6) is 0 Å². The number of nitrogens with zero attached hydrogens (tertiary/aromatic N) is 1. The Morgan fingerprint density at radius 2 is 2.47 bits per heavy atom. The average Bonchev–Trinajstić information content (AvgIpc) is 2.17. The lowest BCUT2D eigenvalue weighted by atomic mass is 9.98. The van der Waals surface area contributed by atoms with Gasteiger partial charge in [0.1, 0.15) is 0 Å². The van der Waals surface area contributed by atoms with Crippen LogP contribution in [0.3, 0.4) is 0 Å². The third kappa shape index (κ3) is 4.29. The van der Waals surface area contributed by atoms with Gasteiger partial charge in [0.05, 0.1) is 18.4 Å². The molecule has 5 nitrogen and oxygen atoms in total. The average molecular weight is 215 g/mol. The summed E-state index contributed by atoms with van der Waals surface area (Å²) in [6.45, 7) is 4.44. The maximum Gasteiger partial charge on any atom is 0.344 e. The van der Waals surface area contributed by atoms with E-state index in [2.05, 4.69) is 19.0 Å². The SMILES string of the molecule is CC(C)C1CC(=NOCC(=O)O)CCO1. The first-order chi connectivity index (χ1) is 7.09. The highest BCUT2D eigenvalue weighted by Crippen LogP contribution is 2.18. The molecule has 0 spiro atoms. The monoisotopic (exact) mass is 215 g/mol. The van der Waals surface area contributed by atoms with E-state index in [1.165, 1.54) is 0 Å². The Kier molecular flexibility index (Phi) is 4.55. The van der Waals surface area contributed by atoms with Gasteiger partial charge >= 0.3 is 5.97 Å². The molecule has 1 aliphatic heterocycles. The summed E-state index contributed by atoms with van der Waals surface area (Å²) >= 11 is 0. The lowest BCUT2D eigenvalue weighted by Crippen LogP contribution is -2.30. The van der Waals surface area contributed by atoms with Gasteiger partial charge in [0.15, 0.2) is 0 Å². The Morgan fingerprint density at radius 1 is 1.73 bits per heavy atom. The Balaban J connectivity index is 2.38. The third-order valence-corrected chi connectivity index (χ3v) is 2.28. The van der Waals surface area contributed by atoms with E-state index >= 15 is 0 Å². The van der Waals surface area contributed by atoms with Gasteiger partial charge in [-0.3, -0.25) is 0 Å². The summed E-state index contributed by atoms with van der Waals surface area (Å²) < 4.78 is 5.54. The van der Waals surface area contributed by atoms with E-state index in [1.54, 1.807) is 0 Å². The van der Waals surface area contributed by atoms with E-state index in [1.807, 2.05) is 0 Å². The first-order valence-corrected chi connectivity index (χ1v) is 5.10. The molecule has 1 saturated heterocycles. The fourth-order valence-corrected chi connectivity index (χ4v) is 1.41. The smallest absolute Gasteiger partial charge is 0.344 e. The van der Waals surface area contributed by atoms with Crippen molar-refractivity contribution in [2.75, 3.05) is 13.2 Å². The van der Waals surface area contributed by atoms with Crippen molar-refractivity contribution < 1.29 is 19.5 Å². The Morgan fingerprint density at radius 3 is 3.07 bits per heavy atom. The lowest BCUT2D eigenvalue weighted by molar-refractivity contribution is -0.142. The first-order valence-electron chi connectivity index (χ1n) is 5.10. The molecular weight excluding hydrogens is 198 g/mol. The van der Waals surface area contributed by atoms with Crippen LogP contribution in [0.15, 0.2) is 5.16 Å². The van der Waals surface area contributed by atoms with Gasteiger partial charge < -0.3 is 14.7 Å².